The molecule has 10 heavy (non-hydrogen) atoms. The molecule has 1 aliphatic rings. The third-order valence-corrected chi connectivity index (χ3v) is 9.32. The molecule has 0 aromatic heterocycles. The topological polar surface area (TPSA) is 9.23 Å². The van der Waals surface area contributed by atoms with E-state index in [-0.39, 0.29) is 38.7 Å². The van der Waals surface area contributed by atoms with E-state index in [1.165, 1.54) is 18.5 Å². The molecule has 1 fully saturated rings. The van der Waals surface area contributed by atoms with Crippen molar-refractivity contribution in [3.8, 4) is 0 Å². The molecule has 1 heterocycles. The van der Waals surface area contributed by atoms with E-state index in [1.54, 1.807) is 0 Å². The molecule has 1 nitrogen and oxygen atoms in total. The van der Waals surface area contributed by atoms with Crippen LogP contribution in [0.4, 0.5) is 0 Å². The number of hydrogen-bond donors (Lipinski definition) is 0. The van der Waals surface area contributed by atoms with Crippen LogP contribution in [0.25, 0.3) is 0 Å². The smallest absolute Gasteiger partial charge is 0.147 e. The van der Waals surface area contributed by atoms with E-state index in [0.29, 0.717) is 0 Å². The zero-order valence-electron chi connectivity index (χ0n) is 6.12. The molecule has 1 atom stereocenters. The Morgan fingerprint density at radius 1 is 1.70 bits per heavy atom. The van der Waals surface area contributed by atoms with E-state index >= 15 is 0 Å². The maximum absolute atomic E-state index is 5.49. The van der Waals surface area contributed by atoms with Gasteiger partial charge in [0.25, 0.3) is 0 Å². The summed E-state index contributed by atoms with van der Waals surface area (Å²) in [7, 11) is -0.348. The molecule has 1 saturated heterocycles. The Bertz CT molecular complexity index is 93.7. The molecule has 1 unspecified atom stereocenters. The minimum absolute atomic E-state index is 0. The first kappa shape index (κ1) is 10.8. The first-order valence-electron chi connectivity index (χ1n) is 3.62. The van der Waals surface area contributed by atoms with E-state index < -0.39 is 0 Å². The van der Waals surface area contributed by atoms with Crippen molar-refractivity contribution in [1.29, 1.82) is 0 Å². The second kappa shape index (κ2) is 6.53. The SMILES string of the molecule is C=CC[SiH]1CCCO[SiH2]1.[Pt]. The van der Waals surface area contributed by atoms with E-state index in [1.807, 2.05) is 0 Å². The van der Waals surface area contributed by atoms with Crippen molar-refractivity contribution in [2.75, 3.05) is 6.61 Å². The minimum atomic E-state index is -0.328. The molecule has 0 spiro atoms. The van der Waals surface area contributed by atoms with Gasteiger partial charge < -0.3 is 4.43 Å². The van der Waals surface area contributed by atoms with Gasteiger partial charge in [0.1, 0.15) is 9.28 Å². The second-order valence-electron chi connectivity index (χ2n) is 2.61. The third-order valence-electron chi connectivity index (χ3n) is 1.75. The average molecular weight is 353 g/mol. The predicted molar refractivity (Wildman–Crippen MR) is 46.1 cm³/mol. The summed E-state index contributed by atoms with van der Waals surface area (Å²) in [5.41, 5.74) is 0. The van der Waals surface area contributed by atoms with Crippen LogP contribution < -0.4 is 0 Å². The summed E-state index contributed by atoms with van der Waals surface area (Å²) < 4.78 is 5.49. The van der Waals surface area contributed by atoms with Crippen molar-refractivity contribution < 1.29 is 25.5 Å². The van der Waals surface area contributed by atoms with Gasteiger partial charge in [-0.05, 0) is 12.5 Å². The fraction of sp³-hybridized carbons (Fsp3) is 0.667. The number of allylic oxidation sites excluding steroid dienone is 1. The third kappa shape index (κ3) is 3.86. The first-order valence-corrected chi connectivity index (χ1v) is 9.09. The van der Waals surface area contributed by atoms with Crippen LogP contribution in [0.2, 0.25) is 12.1 Å². The van der Waals surface area contributed by atoms with Crippen LogP contribution in [0.3, 0.4) is 0 Å². The molecular weight excluding hydrogens is 339 g/mol. The van der Waals surface area contributed by atoms with Gasteiger partial charge in [0, 0.05) is 27.7 Å². The van der Waals surface area contributed by atoms with Gasteiger partial charge in [0.05, 0.1) is 8.31 Å². The van der Waals surface area contributed by atoms with Crippen LogP contribution in [0, 0.1) is 0 Å². The molecule has 62 valence electrons. The van der Waals surface area contributed by atoms with Crippen molar-refractivity contribution in [1.82, 2.24) is 0 Å². The van der Waals surface area contributed by atoms with Crippen LogP contribution in [0.1, 0.15) is 6.42 Å². The quantitative estimate of drug-likeness (QED) is 0.516. The Morgan fingerprint density at radius 3 is 3.00 bits per heavy atom. The molecule has 1 rings (SSSR count). The van der Waals surface area contributed by atoms with Gasteiger partial charge in [-0.3, -0.25) is 0 Å². The summed E-state index contributed by atoms with van der Waals surface area (Å²) in [5, 5.41) is 0. The molecule has 0 aromatic carbocycles. The maximum atomic E-state index is 5.49. The Hall–Kier alpha value is 0.822. The molecule has 0 saturated carbocycles. The molecule has 0 radical (unpaired) electrons. The zero-order valence-corrected chi connectivity index (χ0v) is 11.0. The molecule has 0 aliphatic carbocycles. The van der Waals surface area contributed by atoms with Crippen molar-refractivity contribution >= 4 is 17.6 Å². The van der Waals surface area contributed by atoms with Crippen LogP contribution in [0.5, 0.6) is 0 Å². The van der Waals surface area contributed by atoms with Crippen molar-refractivity contribution in [3.63, 3.8) is 0 Å². The Labute approximate surface area is 80.8 Å². The summed E-state index contributed by atoms with van der Waals surface area (Å²) in [4.78, 5) is 0. The standard InChI is InChI=1S/C6H14OSi2.Pt/c1-2-5-9-6-3-4-7-8-9;/h2,9H,1,3-6,8H2;. The molecule has 0 bridgehead atoms. The monoisotopic (exact) mass is 353 g/mol. The van der Waals surface area contributed by atoms with E-state index in [4.69, 9.17) is 4.43 Å². The van der Waals surface area contributed by atoms with Gasteiger partial charge in [-0.25, -0.2) is 0 Å². The predicted octanol–water partition coefficient (Wildman–Crippen LogP) is 0.398. The fourth-order valence-electron chi connectivity index (χ4n) is 1.23. The molecular formula is C6H14OPtSi2. The van der Waals surface area contributed by atoms with Crippen molar-refractivity contribution in [2.24, 2.45) is 0 Å². The summed E-state index contributed by atoms with van der Waals surface area (Å²) >= 11 is 0. The van der Waals surface area contributed by atoms with Gasteiger partial charge in [0.15, 0.2) is 0 Å². The van der Waals surface area contributed by atoms with E-state index in [9.17, 15) is 0 Å². The summed E-state index contributed by atoms with van der Waals surface area (Å²) in [6.07, 6.45) is 3.41. The first-order chi connectivity index (χ1) is 4.43. The van der Waals surface area contributed by atoms with Gasteiger partial charge >= 0.3 is 0 Å². The Morgan fingerprint density at radius 2 is 2.50 bits per heavy atom. The molecule has 1 aliphatic heterocycles. The van der Waals surface area contributed by atoms with E-state index in [0.717, 1.165) is 6.61 Å². The maximum Gasteiger partial charge on any atom is 0.147 e. The summed E-state index contributed by atoms with van der Waals surface area (Å²) in [6, 6.07) is 2.85. The van der Waals surface area contributed by atoms with Crippen molar-refractivity contribution in [3.05, 3.63) is 12.7 Å². The second-order valence-corrected chi connectivity index (χ2v) is 10.6. The van der Waals surface area contributed by atoms with Crippen LogP contribution in [-0.4, -0.2) is 24.2 Å². The van der Waals surface area contributed by atoms with Crippen LogP contribution in [-0.2, 0) is 25.5 Å². The fourth-order valence-corrected chi connectivity index (χ4v) is 7.67. The Kier molecular flexibility index (Phi) is 7.06. The number of rotatable bonds is 2. The van der Waals surface area contributed by atoms with E-state index in [2.05, 4.69) is 12.7 Å². The van der Waals surface area contributed by atoms with Gasteiger partial charge in [-0.15, -0.1) is 6.58 Å². The largest absolute Gasteiger partial charge is 0.428 e. The number of hydrogen-bond acceptors (Lipinski definition) is 1. The summed E-state index contributed by atoms with van der Waals surface area (Å²) in [6.45, 7) is 4.82. The Balaban J connectivity index is 0.000000810. The van der Waals surface area contributed by atoms with Crippen LogP contribution >= 0.6 is 0 Å². The molecule has 0 amide bonds. The van der Waals surface area contributed by atoms with Gasteiger partial charge in [-0.2, -0.15) is 0 Å². The molecule has 4 heteroatoms. The zero-order chi connectivity index (χ0) is 6.53. The molecule has 0 N–H and O–H groups in total. The van der Waals surface area contributed by atoms with Crippen molar-refractivity contribution in [2.45, 2.75) is 18.5 Å². The normalized spacial score (nSPS) is 27.4. The minimum Gasteiger partial charge on any atom is -0.428 e. The molecule has 0 aromatic rings. The van der Waals surface area contributed by atoms with Gasteiger partial charge in [-0.1, -0.05) is 12.1 Å². The summed E-state index contributed by atoms with van der Waals surface area (Å²) in [5.74, 6) is 0. The van der Waals surface area contributed by atoms with Gasteiger partial charge in [0.2, 0.25) is 0 Å². The van der Waals surface area contributed by atoms with Crippen LogP contribution in [0.15, 0.2) is 12.7 Å². The average Bonchev–Trinajstić information content (AvgIpc) is 1.91.